The molecule has 0 bridgehead atoms. The molecule has 0 radical (unpaired) electrons. The van der Waals surface area contributed by atoms with E-state index in [1.54, 1.807) is 0 Å². The molecule has 3 aromatic heterocycles. The van der Waals surface area contributed by atoms with Gasteiger partial charge in [-0.2, -0.15) is 10.2 Å². The summed E-state index contributed by atoms with van der Waals surface area (Å²) in [6.07, 6.45) is 12.4. The summed E-state index contributed by atoms with van der Waals surface area (Å²) in [6.45, 7) is 4.28. The van der Waals surface area contributed by atoms with Crippen molar-refractivity contribution >= 4 is 17.1 Å². The van der Waals surface area contributed by atoms with Gasteiger partial charge in [-0.1, -0.05) is 24.3 Å². The van der Waals surface area contributed by atoms with Crippen molar-refractivity contribution in [3.8, 4) is 0 Å². The van der Waals surface area contributed by atoms with E-state index < -0.39 is 0 Å². The lowest BCUT2D eigenvalue weighted by molar-refractivity contribution is 0.851. The number of benzene rings is 1. The zero-order chi connectivity index (χ0) is 21.0. The number of nitrogens with one attached hydrogen (secondary N) is 4. The molecule has 2 aliphatic heterocycles. The number of para-hydroxylation sites is 1. The predicted molar refractivity (Wildman–Crippen MR) is 118 cm³/mol. The minimum Gasteiger partial charge on any atom is -0.317 e. The zero-order valence-corrected chi connectivity index (χ0v) is 16.9. The number of aromatic nitrogens is 7. The topological polar surface area (TPSA) is 132 Å². The van der Waals surface area contributed by atoms with Crippen LogP contribution in [0.5, 0.6) is 0 Å². The van der Waals surface area contributed by atoms with Gasteiger partial charge >= 0.3 is 0 Å². The first-order valence-corrected chi connectivity index (χ1v) is 9.74. The minimum atomic E-state index is 0.819. The lowest BCUT2D eigenvalue weighted by atomic mass is 10.2. The summed E-state index contributed by atoms with van der Waals surface area (Å²) in [5, 5.41) is 19.4. The number of nitrogens with zero attached hydrogens (tertiary/aromatic N) is 6. The van der Waals surface area contributed by atoms with Crippen molar-refractivity contribution in [3.05, 3.63) is 67.9 Å². The van der Waals surface area contributed by atoms with E-state index in [2.05, 4.69) is 63.1 Å². The van der Waals surface area contributed by atoms with Crippen molar-refractivity contribution in [3.63, 3.8) is 0 Å². The molecular weight excluding hydrogens is 380 g/mol. The summed E-state index contributed by atoms with van der Waals surface area (Å²) >= 11 is 0. The number of hydrogen-bond acceptors (Lipinski definition) is 8. The van der Waals surface area contributed by atoms with Crippen LogP contribution in [0.3, 0.4) is 0 Å². The number of rotatable bonds is 0. The van der Waals surface area contributed by atoms with Crippen molar-refractivity contribution in [2.45, 2.75) is 12.8 Å². The van der Waals surface area contributed by atoms with Gasteiger partial charge in [-0.25, -0.2) is 9.97 Å². The number of pyridine rings is 1. The number of aliphatic imine (C=N–C) groups is 1. The van der Waals surface area contributed by atoms with Crippen LogP contribution >= 0.6 is 0 Å². The summed E-state index contributed by atoms with van der Waals surface area (Å²) in [5.74, 6) is 0. The van der Waals surface area contributed by atoms with E-state index in [0.717, 1.165) is 18.7 Å². The second-order valence-corrected chi connectivity index (χ2v) is 5.93. The van der Waals surface area contributed by atoms with Gasteiger partial charge in [0.25, 0.3) is 0 Å². The maximum absolute atomic E-state index is 4.18. The summed E-state index contributed by atoms with van der Waals surface area (Å²) in [5.41, 5.74) is 1.06. The van der Waals surface area contributed by atoms with Crippen molar-refractivity contribution in [2.24, 2.45) is 4.99 Å². The molecule has 0 saturated carbocycles. The van der Waals surface area contributed by atoms with E-state index in [1.165, 1.54) is 56.6 Å². The lowest BCUT2D eigenvalue weighted by Gasteiger charge is -1.91. The van der Waals surface area contributed by atoms with Crippen LogP contribution in [-0.4, -0.2) is 67.9 Å². The third kappa shape index (κ3) is 11.4. The van der Waals surface area contributed by atoms with Gasteiger partial charge in [-0.15, -0.1) is 0 Å². The Kier molecular flexibility index (Phi) is 12.5. The number of aromatic amines is 2. The molecular formula is C20H28N10. The van der Waals surface area contributed by atoms with Crippen LogP contribution < -0.4 is 10.6 Å². The maximum atomic E-state index is 4.18. The molecule has 0 spiro atoms. The standard InChI is InChI=1S/C9H7N.C4H9N.C3H6N2.2C2H3N3/c1-2-6-9-8(4-1)5-3-7-10-9;1-2-4-5-3-1;1-2-5-3-4-1;2*1-3-2-5-4-1/h1-7H;5H,1-4H2;1,5H,2-3H2;2*1-2H,(H,3,4,5). The summed E-state index contributed by atoms with van der Waals surface area (Å²) < 4.78 is 0. The Balaban J connectivity index is 0.000000139. The van der Waals surface area contributed by atoms with E-state index in [-0.39, 0.29) is 0 Å². The van der Waals surface area contributed by atoms with Crippen molar-refractivity contribution in [1.82, 2.24) is 46.0 Å². The fourth-order valence-corrected chi connectivity index (χ4v) is 2.30. The van der Waals surface area contributed by atoms with Gasteiger partial charge in [0, 0.05) is 24.3 Å². The van der Waals surface area contributed by atoms with Crippen LogP contribution in [0.1, 0.15) is 12.8 Å². The average Bonchev–Trinajstić information content (AvgIpc) is 3.66. The van der Waals surface area contributed by atoms with Crippen LogP contribution in [-0.2, 0) is 0 Å². The summed E-state index contributed by atoms with van der Waals surface area (Å²) in [7, 11) is 0. The summed E-state index contributed by atoms with van der Waals surface area (Å²) in [4.78, 5) is 15.1. The lowest BCUT2D eigenvalue weighted by Crippen LogP contribution is -2.06. The van der Waals surface area contributed by atoms with Crippen molar-refractivity contribution in [2.75, 3.05) is 26.3 Å². The molecule has 10 nitrogen and oxygen atoms in total. The van der Waals surface area contributed by atoms with Gasteiger partial charge in [-0.05, 0) is 38.1 Å². The van der Waals surface area contributed by atoms with Gasteiger partial charge in [-0.3, -0.25) is 25.5 Å². The molecule has 1 aromatic carbocycles. The van der Waals surface area contributed by atoms with Gasteiger partial charge < -0.3 is 5.32 Å². The Morgan fingerprint density at radius 2 is 1.47 bits per heavy atom. The smallest absolute Gasteiger partial charge is 0.137 e. The van der Waals surface area contributed by atoms with Gasteiger partial charge in [0.15, 0.2) is 0 Å². The molecule has 1 fully saturated rings. The quantitative estimate of drug-likeness (QED) is 0.349. The van der Waals surface area contributed by atoms with Gasteiger partial charge in [0.2, 0.25) is 0 Å². The van der Waals surface area contributed by atoms with Crippen molar-refractivity contribution < 1.29 is 0 Å². The molecule has 5 heterocycles. The Morgan fingerprint density at radius 3 is 1.87 bits per heavy atom. The number of fused-ring (bicyclic) bond motifs is 1. The average molecular weight is 409 g/mol. The summed E-state index contributed by atoms with van der Waals surface area (Å²) in [6, 6.07) is 12.1. The highest BCUT2D eigenvalue weighted by Gasteiger charge is 1.93. The SMILES string of the molecule is C1=NCNC1.C1CCNC1.c1ccc2ncccc2c1.c1nc[nH]n1.c1nc[nH]n1. The van der Waals surface area contributed by atoms with Crippen molar-refractivity contribution in [1.29, 1.82) is 0 Å². The highest BCUT2D eigenvalue weighted by molar-refractivity contribution is 5.77. The highest BCUT2D eigenvalue weighted by Crippen LogP contribution is 2.07. The van der Waals surface area contributed by atoms with E-state index in [1.807, 2.05) is 36.7 Å². The highest BCUT2D eigenvalue weighted by atomic mass is 15.2. The monoisotopic (exact) mass is 408 g/mol. The van der Waals surface area contributed by atoms with E-state index >= 15 is 0 Å². The first-order valence-electron chi connectivity index (χ1n) is 9.74. The fraction of sp³-hybridized carbons (Fsp3) is 0.300. The number of H-pyrrole nitrogens is 2. The van der Waals surface area contributed by atoms with E-state index in [9.17, 15) is 0 Å². The zero-order valence-electron chi connectivity index (χ0n) is 16.9. The Labute approximate surface area is 175 Å². The van der Waals surface area contributed by atoms with Gasteiger partial charge in [0.1, 0.15) is 25.3 Å². The molecule has 2 aliphatic rings. The normalized spacial score (nSPS) is 13.5. The molecule has 158 valence electrons. The molecule has 1 saturated heterocycles. The predicted octanol–water partition coefficient (Wildman–Crippen LogP) is 1.83. The molecule has 0 aliphatic carbocycles. The van der Waals surface area contributed by atoms with E-state index in [0.29, 0.717) is 0 Å². The Hall–Kier alpha value is -3.50. The van der Waals surface area contributed by atoms with E-state index in [4.69, 9.17) is 0 Å². The second-order valence-electron chi connectivity index (χ2n) is 5.93. The Bertz CT molecular complexity index is 734. The Morgan fingerprint density at radius 1 is 0.767 bits per heavy atom. The second kappa shape index (κ2) is 16.5. The third-order valence-corrected chi connectivity index (χ3v) is 3.70. The van der Waals surface area contributed by atoms with Crippen LogP contribution in [0.15, 0.2) is 72.9 Å². The molecule has 4 N–H and O–H groups in total. The first-order chi connectivity index (χ1) is 15.0. The molecule has 6 rings (SSSR count). The molecule has 4 aromatic rings. The van der Waals surface area contributed by atoms with Crippen LogP contribution in [0, 0.1) is 0 Å². The molecule has 0 atom stereocenters. The molecule has 30 heavy (non-hydrogen) atoms. The van der Waals surface area contributed by atoms with Gasteiger partial charge in [0.05, 0.1) is 12.2 Å². The third-order valence-electron chi connectivity index (χ3n) is 3.70. The fourth-order valence-electron chi connectivity index (χ4n) is 2.30. The first kappa shape index (κ1) is 22.8. The largest absolute Gasteiger partial charge is 0.317 e. The van der Waals surface area contributed by atoms with Crippen LogP contribution in [0.25, 0.3) is 10.9 Å². The number of hydrogen-bond donors (Lipinski definition) is 4. The van der Waals surface area contributed by atoms with Crippen LogP contribution in [0.2, 0.25) is 0 Å². The molecule has 10 heteroatoms. The molecule has 0 unspecified atom stereocenters. The van der Waals surface area contributed by atoms with Crippen LogP contribution in [0.4, 0.5) is 0 Å². The molecule has 0 amide bonds. The maximum Gasteiger partial charge on any atom is 0.137 e. The minimum absolute atomic E-state index is 0.819.